The number of carbonyl (C=O) groups excluding carboxylic acids is 3. The fraction of sp³-hybridized carbons (Fsp3) is 0.250. The molecule has 0 atom stereocenters. The molecule has 0 unspecified atom stereocenters. The van der Waals surface area contributed by atoms with Crippen molar-refractivity contribution in [3.05, 3.63) is 56.3 Å². The number of hydrogen-bond donors (Lipinski definition) is 3. The highest BCUT2D eigenvalue weighted by Gasteiger charge is 2.25. The number of ether oxygens (including phenoxy) is 1. The molecule has 1 aliphatic rings. The lowest BCUT2D eigenvalue weighted by molar-refractivity contribution is -0.119. The number of aromatic amines is 1. The highest BCUT2D eigenvalue weighted by atomic mass is 32.1. The average molecular weight is 426 g/mol. The van der Waals surface area contributed by atoms with E-state index < -0.39 is 29.9 Å². The van der Waals surface area contributed by atoms with E-state index in [9.17, 15) is 19.2 Å². The van der Waals surface area contributed by atoms with Crippen LogP contribution in [0.25, 0.3) is 10.8 Å². The van der Waals surface area contributed by atoms with Crippen molar-refractivity contribution in [3.8, 4) is 0 Å². The zero-order valence-corrected chi connectivity index (χ0v) is 16.6. The smallest absolute Gasteiger partial charge is 0.359 e. The Morgan fingerprint density at radius 2 is 1.90 bits per heavy atom. The van der Waals surface area contributed by atoms with Crippen molar-refractivity contribution >= 4 is 44.9 Å². The summed E-state index contributed by atoms with van der Waals surface area (Å²) in [5.41, 5.74) is 6.22. The van der Waals surface area contributed by atoms with E-state index in [0.717, 1.165) is 36.1 Å². The van der Waals surface area contributed by atoms with Gasteiger partial charge in [-0.15, -0.1) is 11.3 Å². The van der Waals surface area contributed by atoms with E-state index in [4.69, 9.17) is 10.5 Å². The maximum absolute atomic E-state index is 12.4. The van der Waals surface area contributed by atoms with Crippen molar-refractivity contribution in [2.24, 2.45) is 5.73 Å². The number of carbonyl (C=O) groups is 3. The monoisotopic (exact) mass is 426 g/mol. The number of amides is 2. The second kappa shape index (κ2) is 8.07. The fourth-order valence-corrected chi connectivity index (χ4v) is 4.86. The number of thiophene rings is 1. The summed E-state index contributed by atoms with van der Waals surface area (Å²) in [6.07, 6.45) is 3.59. The average Bonchev–Trinajstić information content (AvgIpc) is 3.10. The molecule has 0 saturated carbocycles. The predicted molar refractivity (Wildman–Crippen MR) is 111 cm³/mol. The number of nitrogens with two attached hydrogens (primary N) is 1. The number of nitrogens with zero attached hydrogens (tertiary/aromatic N) is 1. The molecule has 0 radical (unpaired) electrons. The number of aromatic nitrogens is 2. The molecule has 9 nitrogen and oxygen atoms in total. The first kappa shape index (κ1) is 19.8. The van der Waals surface area contributed by atoms with Gasteiger partial charge < -0.3 is 15.8 Å². The molecule has 0 saturated heterocycles. The molecule has 4 N–H and O–H groups in total. The van der Waals surface area contributed by atoms with Gasteiger partial charge in [-0.3, -0.25) is 14.4 Å². The van der Waals surface area contributed by atoms with Crippen LogP contribution < -0.4 is 16.6 Å². The topological polar surface area (TPSA) is 144 Å². The summed E-state index contributed by atoms with van der Waals surface area (Å²) in [5, 5.41) is 9.61. The fourth-order valence-electron chi connectivity index (χ4n) is 3.55. The van der Waals surface area contributed by atoms with E-state index in [0.29, 0.717) is 21.3 Å². The molecule has 1 aliphatic carbocycles. The summed E-state index contributed by atoms with van der Waals surface area (Å²) in [4.78, 5) is 49.5. The van der Waals surface area contributed by atoms with Crippen LogP contribution >= 0.6 is 11.3 Å². The molecular weight excluding hydrogens is 408 g/mol. The van der Waals surface area contributed by atoms with Crippen LogP contribution in [0.3, 0.4) is 0 Å². The van der Waals surface area contributed by atoms with Crippen LogP contribution in [-0.2, 0) is 22.4 Å². The molecule has 3 aromatic rings. The number of primary amides is 1. The molecule has 30 heavy (non-hydrogen) atoms. The van der Waals surface area contributed by atoms with Gasteiger partial charge in [-0.25, -0.2) is 9.89 Å². The number of rotatable bonds is 5. The SMILES string of the molecule is NC(=O)c1c(NC(=O)COC(=O)c2n[nH]c(=O)c3ccccc23)sc2c1CCCC2. The molecule has 4 rings (SSSR count). The minimum absolute atomic E-state index is 0.0950. The summed E-state index contributed by atoms with van der Waals surface area (Å²) < 4.78 is 5.07. The molecule has 0 bridgehead atoms. The van der Waals surface area contributed by atoms with E-state index in [-0.39, 0.29) is 5.69 Å². The quantitative estimate of drug-likeness (QED) is 0.530. The Morgan fingerprint density at radius 1 is 1.17 bits per heavy atom. The lowest BCUT2D eigenvalue weighted by Gasteiger charge is -2.11. The third kappa shape index (κ3) is 3.69. The van der Waals surface area contributed by atoms with E-state index in [2.05, 4.69) is 15.5 Å². The first-order chi connectivity index (χ1) is 14.5. The number of H-pyrrole nitrogens is 1. The van der Waals surface area contributed by atoms with E-state index in [1.165, 1.54) is 11.3 Å². The van der Waals surface area contributed by atoms with Crippen LogP contribution in [0.1, 0.15) is 44.1 Å². The van der Waals surface area contributed by atoms with Crippen molar-refractivity contribution in [1.82, 2.24) is 10.2 Å². The standard InChI is InChI=1S/C20H18N4O5S/c21-17(26)15-12-7-3-4-8-13(12)30-19(15)22-14(25)9-29-20(28)16-10-5-1-2-6-11(10)18(27)24-23-16/h1-2,5-6H,3-4,7-9H2,(H2,21,26)(H,22,25)(H,24,27). The number of anilines is 1. The first-order valence-electron chi connectivity index (χ1n) is 9.34. The Bertz CT molecular complexity index is 1230. The van der Waals surface area contributed by atoms with Crippen LogP contribution in [0.15, 0.2) is 29.1 Å². The van der Waals surface area contributed by atoms with Gasteiger partial charge >= 0.3 is 5.97 Å². The molecule has 0 fully saturated rings. The van der Waals surface area contributed by atoms with Gasteiger partial charge in [0.15, 0.2) is 12.3 Å². The van der Waals surface area contributed by atoms with Gasteiger partial charge in [0, 0.05) is 10.3 Å². The van der Waals surface area contributed by atoms with Gasteiger partial charge in [-0.1, -0.05) is 18.2 Å². The third-order valence-corrected chi connectivity index (χ3v) is 6.10. The summed E-state index contributed by atoms with van der Waals surface area (Å²) in [6.45, 7) is -0.575. The summed E-state index contributed by atoms with van der Waals surface area (Å²) in [7, 11) is 0. The Balaban J connectivity index is 1.48. The Labute approximate surface area is 174 Å². The minimum atomic E-state index is -0.849. The predicted octanol–water partition coefficient (Wildman–Crippen LogP) is 1.76. The van der Waals surface area contributed by atoms with Crippen LogP contribution in [0.5, 0.6) is 0 Å². The molecule has 154 valence electrons. The maximum Gasteiger partial charge on any atom is 0.359 e. The third-order valence-electron chi connectivity index (χ3n) is 4.89. The highest BCUT2D eigenvalue weighted by Crippen LogP contribution is 2.37. The summed E-state index contributed by atoms with van der Waals surface area (Å²) >= 11 is 1.33. The molecule has 0 spiro atoms. The van der Waals surface area contributed by atoms with E-state index >= 15 is 0 Å². The first-order valence-corrected chi connectivity index (χ1v) is 10.2. The number of aryl methyl sites for hydroxylation is 1. The number of nitrogens with one attached hydrogen (secondary N) is 2. The van der Waals surface area contributed by atoms with Crippen molar-refractivity contribution in [1.29, 1.82) is 0 Å². The van der Waals surface area contributed by atoms with Crippen LogP contribution in [0, 0.1) is 0 Å². The number of esters is 1. The Hall–Kier alpha value is -3.53. The summed E-state index contributed by atoms with van der Waals surface area (Å²) in [5.74, 6) is -2.04. The van der Waals surface area contributed by atoms with Gasteiger partial charge in [0.1, 0.15) is 5.00 Å². The van der Waals surface area contributed by atoms with Crippen LogP contribution in [0.2, 0.25) is 0 Å². The lowest BCUT2D eigenvalue weighted by atomic mass is 9.95. The Morgan fingerprint density at radius 3 is 2.67 bits per heavy atom. The van der Waals surface area contributed by atoms with Gasteiger partial charge in [-0.05, 0) is 37.3 Å². The van der Waals surface area contributed by atoms with Crippen LogP contribution in [0.4, 0.5) is 5.00 Å². The second-order valence-electron chi connectivity index (χ2n) is 6.85. The zero-order chi connectivity index (χ0) is 21.3. The van der Waals surface area contributed by atoms with Crippen molar-refractivity contribution in [3.63, 3.8) is 0 Å². The molecule has 2 aromatic heterocycles. The molecule has 0 aliphatic heterocycles. The molecule has 2 amide bonds. The largest absolute Gasteiger partial charge is 0.451 e. The van der Waals surface area contributed by atoms with Crippen molar-refractivity contribution in [2.45, 2.75) is 25.7 Å². The molecular formula is C20H18N4O5S. The second-order valence-corrected chi connectivity index (χ2v) is 7.96. The van der Waals surface area contributed by atoms with Gasteiger partial charge in [0.05, 0.1) is 10.9 Å². The van der Waals surface area contributed by atoms with Crippen molar-refractivity contribution < 1.29 is 19.1 Å². The Kier molecular flexibility index (Phi) is 5.32. The van der Waals surface area contributed by atoms with E-state index in [1.807, 2.05) is 0 Å². The van der Waals surface area contributed by atoms with Crippen molar-refractivity contribution in [2.75, 3.05) is 11.9 Å². The van der Waals surface area contributed by atoms with Gasteiger partial charge in [0.25, 0.3) is 17.4 Å². The summed E-state index contributed by atoms with van der Waals surface area (Å²) in [6, 6.07) is 6.46. The minimum Gasteiger partial charge on any atom is -0.451 e. The molecule has 2 heterocycles. The number of benzene rings is 1. The zero-order valence-electron chi connectivity index (χ0n) is 15.8. The molecule has 1 aromatic carbocycles. The van der Waals surface area contributed by atoms with Gasteiger partial charge in [-0.2, -0.15) is 5.10 Å². The normalized spacial score (nSPS) is 12.9. The van der Waals surface area contributed by atoms with Gasteiger partial charge in [0.2, 0.25) is 0 Å². The maximum atomic E-state index is 12.4. The number of fused-ring (bicyclic) bond motifs is 2. The highest BCUT2D eigenvalue weighted by molar-refractivity contribution is 7.17. The lowest BCUT2D eigenvalue weighted by Crippen LogP contribution is -2.24. The van der Waals surface area contributed by atoms with Crippen LogP contribution in [-0.4, -0.2) is 34.6 Å². The van der Waals surface area contributed by atoms with E-state index in [1.54, 1.807) is 24.3 Å². The number of hydrogen-bond acceptors (Lipinski definition) is 7. The molecule has 10 heteroatoms.